The van der Waals surface area contributed by atoms with E-state index in [1.165, 1.54) is 6.20 Å². The molecule has 1 heterocycles. The van der Waals surface area contributed by atoms with Crippen LogP contribution in [0.15, 0.2) is 6.20 Å². The summed E-state index contributed by atoms with van der Waals surface area (Å²) in [4.78, 5) is 10.1. The van der Waals surface area contributed by atoms with Gasteiger partial charge in [0.1, 0.15) is 0 Å². The van der Waals surface area contributed by atoms with Gasteiger partial charge in [-0.2, -0.15) is 10.2 Å². The van der Waals surface area contributed by atoms with Gasteiger partial charge in [0.05, 0.1) is 18.7 Å². The van der Waals surface area contributed by atoms with E-state index in [1.54, 1.807) is 0 Å². The monoisotopic (exact) mass is 263 g/mol. The lowest BCUT2D eigenvalue weighted by molar-refractivity contribution is 0.600. The van der Waals surface area contributed by atoms with Crippen molar-refractivity contribution in [3.8, 4) is 6.07 Å². The van der Waals surface area contributed by atoms with Crippen LogP contribution < -0.4 is 10.2 Å². The Balaban J connectivity index is 2.17. The van der Waals surface area contributed by atoms with Crippen molar-refractivity contribution in [2.75, 3.05) is 23.3 Å². The van der Waals surface area contributed by atoms with E-state index in [0.717, 1.165) is 25.8 Å². The Morgan fingerprint density at radius 2 is 2.37 bits per heavy atom. The first-order chi connectivity index (χ1) is 9.26. The zero-order valence-electron chi connectivity index (χ0n) is 11.1. The maximum absolute atomic E-state index is 13.9. The van der Waals surface area contributed by atoms with Crippen LogP contribution in [0, 0.1) is 17.1 Å². The Labute approximate surface area is 112 Å². The van der Waals surface area contributed by atoms with E-state index in [2.05, 4.69) is 21.4 Å². The molecule has 19 heavy (non-hydrogen) atoms. The third-order valence-corrected chi connectivity index (χ3v) is 2.98. The molecule has 1 aliphatic carbocycles. The van der Waals surface area contributed by atoms with Crippen molar-refractivity contribution in [1.29, 1.82) is 5.26 Å². The van der Waals surface area contributed by atoms with Gasteiger partial charge in [-0.05, 0) is 19.3 Å². The van der Waals surface area contributed by atoms with Crippen molar-refractivity contribution in [2.45, 2.75) is 38.6 Å². The first-order valence-corrected chi connectivity index (χ1v) is 6.66. The smallest absolute Gasteiger partial charge is 0.224 e. The molecular formula is C13H18FN5. The van der Waals surface area contributed by atoms with Crippen LogP contribution in [-0.4, -0.2) is 29.1 Å². The van der Waals surface area contributed by atoms with Crippen molar-refractivity contribution >= 4 is 11.8 Å². The molecular weight excluding hydrogens is 245 g/mol. The molecule has 0 bridgehead atoms. The molecule has 1 saturated carbocycles. The maximum Gasteiger partial charge on any atom is 0.224 e. The van der Waals surface area contributed by atoms with E-state index < -0.39 is 5.82 Å². The molecule has 6 heteroatoms. The van der Waals surface area contributed by atoms with Gasteiger partial charge < -0.3 is 10.2 Å². The fourth-order valence-electron chi connectivity index (χ4n) is 1.90. The fourth-order valence-corrected chi connectivity index (χ4v) is 1.90. The Morgan fingerprint density at radius 1 is 1.58 bits per heavy atom. The normalized spacial score (nSPS) is 13.9. The minimum atomic E-state index is -0.424. The van der Waals surface area contributed by atoms with Crippen LogP contribution in [-0.2, 0) is 0 Å². The predicted octanol–water partition coefficient (Wildman–Crippen LogP) is 2.32. The van der Waals surface area contributed by atoms with Gasteiger partial charge in [-0.15, -0.1) is 0 Å². The van der Waals surface area contributed by atoms with E-state index in [1.807, 2.05) is 11.8 Å². The molecule has 1 aliphatic rings. The van der Waals surface area contributed by atoms with Crippen LogP contribution in [0.3, 0.4) is 0 Å². The van der Waals surface area contributed by atoms with E-state index in [0.29, 0.717) is 30.8 Å². The third kappa shape index (κ3) is 3.53. The van der Waals surface area contributed by atoms with E-state index >= 15 is 0 Å². The average molecular weight is 263 g/mol. The van der Waals surface area contributed by atoms with Crippen molar-refractivity contribution in [3.63, 3.8) is 0 Å². The van der Waals surface area contributed by atoms with Crippen molar-refractivity contribution < 1.29 is 4.39 Å². The van der Waals surface area contributed by atoms with Crippen molar-refractivity contribution in [1.82, 2.24) is 9.97 Å². The summed E-state index contributed by atoms with van der Waals surface area (Å²) in [6.07, 6.45) is 4.59. The highest BCUT2D eigenvalue weighted by Gasteiger charge is 2.31. The molecule has 1 aromatic rings. The van der Waals surface area contributed by atoms with Crippen LogP contribution in [0.5, 0.6) is 0 Å². The number of nitrogens with one attached hydrogen (secondary N) is 1. The molecule has 0 atom stereocenters. The van der Waals surface area contributed by atoms with Crippen LogP contribution in [0.4, 0.5) is 16.2 Å². The molecule has 5 nitrogen and oxygen atoms in total. The Hall–Kier alpha value is -1.90. The second-order valence-corrected chi connectivity index (χ2v) is 4.62. The van der Waals surface area contributed by atoms with Gasteiger partial charge in [0.2, 0.25) is 5.95 Å². The second kappa shape index (κ2) is 6.32. The van der Waals surface area contributed by atoms with Gasteiger partial charge in [0.15, 0.2) is 11.6 Å². The average Bonchev–Trinajstić information content (AvgIpc) is 3.24. The first kappa shape index (κ1) is 13.5. The molecule has 2 rings (SSSR count). The second-order valence-electron chi connectivity index (χ2n) is 4.62. The van der Waals surface area contributed by atoms with Crippen molar-refractivity contribution in [2.24, 2.45) is 0 Å². The number of nitrogens with zero attached hydrogens (tertiary/aromatic N) is 4. The van der Waals surface area contributed by atoms with E-state index in [4.69, 9.17) is 5.26 Å². The summed E-state index contributed by atoms with van der Waals surface area (Å²) in [7, 11) is 0. The molecule has 0 aromatic carbocycles. The first-order valence-electron chi connectivity index (χ1n) is 6.66. The number of hydrogen-bond acceptors (Lipinski definition) is 5. The van der Waals surface area contributed by atoms with Gasteiger partial charge in [-0.25, -0.2) is 9.37 Å². The van der Waals surface area contributed by atoms with Gasteiger partial charge in [-0.3, -0.25) is 0 Å². The molecule has 0 saturated heterocycles. The molecule has 1 N–H and O–H groups in total. The summed E-state index contributed by atoms with van der Waals surface area (Å²) in [5.41, 5.74) is 0. The van der Waals surface area contributed by atoms with Gasteiger partial charge in [0.25, 0.3) is 0 Å². The van der Waals surface area contributed by atoms with Crippen LogP contribution in [0.25, 0.3) is 0 Å². The van der Waals surface area contributed by atoms with Gasteiger partial charge in [-0.1, -0.05) is 6.92 Å². The van der Waals surface area contributed by atoms with E-state index in [-0.39, 0.29) is 0 Å². The Morgan fingerprint density at radius 3 is 3.00 bits per heavy atom. The number of hydrogen-bond donors (Lipinski definition) is 1. The van der Waals surface area contributed by atoms with Crippen LogP contribution >= 0.6 is 0 Å². The standard InChI is InChI=1S/C13H18FN5/c1-2-7-16-13-17-9-11(14)12(18-13)19(8-3-6-15)10-4-5-10/h9-10H,2-5,7-8H2,1H3,(H,16,17,18). The minimum absolute atomic E-state index is 0.311. The summed E-state index contributed by atoms with van der Waals surface area (Å²) in [5.74, 6) is 0.332. The molecule has 0 spiro atoms. The number of halogens is 1. The molecule has 0 radical (unpaired) electrons. The lowest BCUT2D eigenvalue weighted by atomic mass is 10.3. The lowest BCUT2D eigenvalue weighted by Crippen LogP contribution is -2.29. The summed E-state index contributed by atoms with van der Waals surface area (Å²) >= 11 is 0. The largest absolute Gasteiger partial charge is 0.354 e. The minimum Gasteiger partial charge on any atom is -0.354 e. The SMILES string of the molecule is CCCNc1ncc(F)c(N(CCC#N)C2CC2)n1. The zero-order chi connectivity index (χ0) is 13.7. The fraction of sp³-hybridized carbons (Fsp3) is 0.615. The zero-order valence-corrected chi connectivity index (χ0v) is 11.1. The summed E-state index contributed by atoms with van der Waals surface area (Å²) in [6.45, 7) is 3.32. The predicted molar refractivity (Wildman–Crippen MR) is 71.4 cm³/mol. The van der Waals surface area contributed by atoms with Gasteiger partial charge in [0, 0.05) is 19.1 Å². The Bertz CT molecular complexity index is 467. The van der Waals surface area contributed by atoms with E-state index in [9.17, 15) is 4.39 Å². The summed E-state index contributed by atoms with van der Waals surface area (Å²) in [6, 6.07) is 2.41. The maximum atomic E-state index is 13.9. The summed E-state index contributed by atoms with van der Waals surface area (Å²) in [5, 5.41) is 11.7. The van der Waals surface area contributed by atoms with Crippen LogP contribution in [0.1, 0.15) is 32.6 Å². The third-order valence-electron chi connectivity index (χ3n) is 2.98. The number of nitriles is 1. The van der Waals surface area contributed by atoms with Crippen molar-refractivity contribution in [3.05, 3.63) is 12.0 Å². The molecule has 102 valence electrons. The molecule has 1 aromatic heterocycles. The number of rotatable bonds is 7. The molecule has 1 fully saturated rings. The lowest BCUT2D eigenvalue weighted by Gasteiger charge is -2.23. The highest BCUT2D eigenvalue weighted by molar-refractivity contribution is 5.46. The summed E-state index contributed by atoms with van der Waals surface area (Å²) < 4.78 is 13.9. The quantitative estimate of drug-likeness (QED) is 0.817. The topological polar surface area (TPSA) is 64.8 Å². The van der Waals surface area contributed by atoms with Crippen LogP contribution in [0.2, 0.25) is 0 Å². The number of anilines is 2. The number of aromatic nitrogens is 2. The highest BCUT2D eigenvalue weighted by Crippen LogP contribution is 2.32. The Kier molecular flexibility index (Phi) is 4.50. The molecule has 0 unspecified atom stereocenters. The molecule has 0 aliphatic heterocycles. The van der Waals surface area contributed by atoms with Gasteiger partial charge >= 0.3 is 0 Å². The highest BCUT2D eigenvalue weighted by atomic mass is 19.1. The molecule has 0 amide bonds.